The zero-order valence-electron chi connectivity index (χ0n) is 13.3. The Hall–Kier alpha value is -2.48. The van der Waals surface area contributed by atoms with E-state index in [2.05, 4.69) is 32.9 Å². The Bertz CT molecular complexity index is 943. The Morgan fingerprint density at radius 3 is 2.60 bits per heavy atom. The average molecular weight is 445 g/mol. The topological polar surface area (TPSA) is 85.1 Å². The maximum absolute atomic E-state index is 12.5. The lowest BCUT2D eigenvalue weighted by Gasteiger charge is -2.16. The number of amides is 2. The van der Waals surface area contributed by atoms with Crippen molar-refractivity contribution in [2.45, 2.75) is 12.5 Å². The van der Waals surface area contributed by atoms with Crippen LogP contribution in [0.5, 0.6) is 0 Å². The third-order valence-electron chi connectivity index (χ3n) is 3.88. The number of para-hydroxylation sites is 1. The van der Waals surface area contributed by atoms with Crippen LogP contribution in [0, 0.1) is 3.57 Å². The van der Waals surface area contributed by atoms with Crippen LogP contribution in [-0.4, -0.2) is 22.8 Å². The minimum atomic E-state index is -0.783. The van der Waals surface area contributed by atoms with Gasteiger partial charge in [-0.05, 0) is 46.4 Å². The number of fused-ring (bicyclic) bond motifs is 1. The molecule has 0 spiro atoms. The summed E-state index contributed by atoms with van der Waals surface area (Å²) in [5.41, 5.74) is 7.65. The van der Waals surface area contributed by atoms with Gasteiger partial charge in [0.15, 0.2) is 0 Å². The van der Waals surface area contributed by atoms with Crippen LogP contribution in [0.2, 0.25) is 0 Å². The van der Waals surface area contributed by atoms with Crippen LogP contribution in [-0.2, 0) is 11.2 Å². The zero-order valence-corrected chi connectivity index (χ0v) is 15.4. The van der Waals surface area contributed by atoms with Gasteiger partial charge in [0.2, 0.25) is 5.91 Å². The van der Waals surface area contributed by atoms with Crippen LogP contribution in [0.4, 0.5) is 0 Å². The van der Waals surface area contributed by atoms with Gasteiger partial charge in [-0.1, -0.05) is 36.4 Å². The third-order valence-corrected chi connectivity index (χ3v) is 4.94. The van der Waals surface area contributed by atoms with Crippen LogP contribution in [0.15, 0.2) is 60.8 Å². The Morgan fingerprint density at radius 2 is 1.84 bits per heavy atom. The summed E-state index contributed by atoms with van der Waals surface area (Å²) < 4.78 is 1.02. The van der Waals surface area contributed by atoms with E-state index in [1.165, 1.54) is 6.20 Å². The van der Waals surface area contributed by atoms with Gasteiger partial charge in [-0.2, -0.15) is 0 Å². The SMILES string of the molecule is NC(=O)[C@H](Cc1ccccc1I)NC(=O)c1cnc2ccccc2c1. The molecule has 6 heteroatoms. The molecule has 1 heterocycles. The highest BCUT2D eigenvalue weighted by molar-refractivity contribution is 14.1. The summed E-state index contributed by atoms with van der Waals surface area (Å²) in [5, 5.41) is 3.58. The first-order valence-corrected chi connectivity index (χ1v) is 8.81. The van der Waals surface area contributed by atoms with Crippen molar-refractivity contribution in [3.05, 3.63) is 75.5 Å². The summed E-state index contributed by atoms with van der Waals surface area (Å²) in [7, 11) is 0. The van der Waals surface area contributed by atoms with Gasteiger partial charge in [0, 0.05) is 21.6 Å². The molecule has 0 aliphatic rings. The summed E-state index contributed by atoms with van der Waals surface area (Å²) >= 11 is 2.20. The van der Waals surface area contributed by atoms with Crippen molar-refractivity contribution >= 4 is 45.3 Å². The number of nitrogens with two attached hydrogens (primary N) is 1. The van der Waals surface area contributed by atoms with Crippen molar-refractivity contribution in [3.63, 3.8) is 0 Å². The molecule has 1 atom stereocenters. The second-order valence-corrected chi connectivity index (χ2v) is 6.80. The Balaban J connectivity index is 1.80. The van der Waals surface area contributed by atoms with Crippen molar-refractivity contribution in [2.24, 2.45) is 5.73 Å². The van der Waals surface area contributed by atoms with E-state index in [1.807, 2.05) is 48.5 Å². The number of carbonyl (C=O) groups is 2. The van der Waals surface area contributed by atoms with Crippen LogP contribution in [0.25, 0.3) is 10.9 Å². The van der Waals surface area contributed by atoms with Crippen molar-refractivity contribution in [2.75, 3.05) is 0 Å². The molecule has 5 nitrogen and oxygen atoms in total. The molecule has 0 fully saturated rings. The summed E-state index contributed by atoms with van der Waals surface area (Å²) in [6, 6.07) is 16.2. The van der Waals surface area contributed by atoms with Gasteiger partial charge in [-0.25, -0.2) is 0 Å². The van der Waals surface area contributed by atoms with Crippen LogP contribution in [0.3, 0.4) is 0 Å². The molecule has 3 rings (SSSR count). The van der Waals surface area contributed by atoms with Crippen molar-refractivity contribution < 1.29 is 9.59 Å². The number of nitrogens with zero attached hydrogens (tertiary/aromatic N) is 1. The molecular formula is C19H16IN3O2. The highest BCUT2D eigenvalue weighted by Gasteiger charge is 2.20. The maximum atomic E-state index is 12.5. The predicted octanol–water partition coefficient (Wildman–Crippen LogP) is 2.67. The van der Waals surface area contributed by atoms with Gasteiger partial charge < -0.3 is 11.1 Å². The fourth-order valence-electron chi connectivity index (χ4n) is 2.54. The van der Waals surface area contributed by atoms with Crippen molar-refractivity contribution in [3.8, 4) is 0 Å². The Kier molecular flexibility index (Phi) is 5.28. The standard InChI is InChI=1S/C19H16IN3O2/c20-15-7-3-1-5-12(15)10-17(18(21)24)23-19(25)14-9-13-6-2-4-8-16(13)22-11-14/h1-9,11,17H,10H2,(H2,21,24)(H,23,25)/t17-/m0/s1. The quantitative estimate of drug-likeness (QED) is 0.593. The number of benzene rings is 2. The number of hydrogen-bond donors (Lipinski definition) is 2. The summed E-state index contributed by atoms with van der Waals surface area (Å²) in [5.74, 6) is -0.935. The molecule has 0 saturated carbocycles. The lowest BCUT2D eigenvalue weighted by molar-refractivity contribution is -0.119. The summed E-state index contributed by atoms with van der Waals surface area (Å²) in [6.07, 6.45) is 1.85. The van der Waals surface area contributed by atoms with Gasteiger partial charge in [0.05, 0.1) is 11.1 Å². The molecule has 0 unspecified atom stereocenters. The molecule has 0 radical (unpaired) electrons. The number of carbonyl (C=O) groups excluding carboxylic acids is 2. The van der Waals surface area contributed by atoms with E-state index in [1.54, 1.807) is 6.07 Å². The molecule has 3 aromatic rings. The molecule has 0 aliphatic carbocycles. The van der Waals surface area contributed by atoms with Crippen LogP contribution < -0.4 is 11.1 Å². The Labute approximate surface area is 158 Å². The summed E-state index contributed by atoms with van der Waals surface area (Å²) in [6.45, 7) is 0. The van der Waals surface area contributed by atoms with Gasteiger partial charge >= 0.3 is 0 Å². The minimum absolute atomic E-state index is 0.348. The second kappa shape index (κ2) is 7.60. The molecule has 3 N–H and O–H groups in total. The molecule has 0 bridgehead atoms. The monoisotopic (exact) mass is 445 g/mol. The van der Waals surface area contributed by atoms with E-state index >= 15 is 0 Å². The van der Waals surface area contributed by atoms with E-state index in [0.29, 0.717) is 12.0 Å². The van der Waals surface area contributed by atoms with Crippen LogP contribution in [0.1, 0.15) is 15.9 Å². The first kappa shape index (κ1) is 17.3. The first-order valence-electron chi connectivity index (χ1n) is 7.73. The molecular weight excluding hydrogens is 429 g/mol. The zero-order chi connectivity index (χ0) is 17.8. The fourth-order valence-corrected chi connectivity index (χ4v) is 3.15. The van der Waals surface area contributed by atoms with Gasteiger partial charge in [0.25, 0.3) is 5.91 Å². The van der Waals surface area contributed by atoms with Crippen molar-refractivity contribution in [1.29, 1.82) is 0 Å². The number of hydrogen-bond acceptors (Lipinski definition) is 3. The van der Waals surface area contributed by atoms with Gasteiger partial charge in [-0.3, -0.25) is 14.6 Å². The maximum Gasteiger partial charge on any atom is 0.253 e. The molecule has 0 saturated heterocycles. The molecule has 25 heavy (non-hydrogen) atoms. The lowest BCUT2D eigenvalue weighted by atomic mass is 10.0. The molecule has 1 aromatic heterocycles. The lowest BCUT2D eigenvalue weighted by Crippen LogP contribution is -2.46. The number of nitrogens with one attached hydrogen (secondary N) is 1. The highest BCUT2D eigenvalue weighted by Crippen LogP contribution is 2.15. The fraction of sp³-hybridized carbons (Fsp3) is 0.105. The first-order chi connectivity index (χ1) is 12.0. The second-order valence-electron chi connectivity index (χ2n) is 5.64. The predicted molar refractivity (Wildman–Crippen MR) is 105 cm³/mol. The largest absolute Gasteiger partial charge is 0.368 e. The number of aromatic nitrogens is 1. The number of primary amides is 1. The van der Waals surface area contributed by atoms with Crippen molar-refractivity contribution in [1.82, 2.24) is 10.3 Å². The van der Waals surface area contributed by atoms with Gasteiger partial charge in [0.1, 0.15) is 6.04 Å². The normalized spacial score (nSPS) is 11.9. The van der Waals surface area contributed by atoms with E-state index in [-0.39, 0.29) is 5.91 Å². The number of pyridine rings is 1. The van der Waals surface area contributed by atoms with E-state index in [4.69, 9.17) is 5.73 Å². The smallest absolute Gasteiger partial charge is 0.253 e. The molecule has 2 aromatic carbocycles. The highest BCUT2D eigenvalue weighted by atomic mass is 127. The minimum Gasteiger partial charge on any atom is -0.368 e. The molecule has 2 amide bonds. The van der Waals surface area contributed by atoms with E-state index in [0.717, 1.165) is 20.0 Å². The number of rotatable bonds is 5. The molecule has 126 valence electrons. The molecule has 0 aliphatic heterocycles. The van der Waals surface area contributed by atoms with Gasteiger partial charge in [-0.15, -0.1) is 0 Å². The van der Waals surface area contributed by atoms with Crippen LogP contribution >= 0.6 is 22.6 Å². The average Bonchev–Trinajstić information content (AvgIpc) is 2.62. The van der Waals surface area contributed by atoms with E-state index < -0.39 is 11.9 Å². The Morgan fingerprint density at radius 1 is 1.12 bits per heavy atom. The summed E-state index contributed by atoms with van der Waals surface area (Å²) in [4.78, 5) is 28.6. The number of halogens is 1. The van der Waals surface area contributed by atoms with E-state index in [9.17, 15) is 9.59 Å². The third kappa shape index (κ3) is 4.14.